The van der Waals surface area contributed by atoms with Gasteiger partial charge in [-0.2, -0.15) is 4.73 Å². The summed E-state index contributed by atoms with van der Waals surface area (Å²) in [4.78, 5) is 17.7. The van der Waals surface area contributed by atoms with E-state index in [4.69, 9.17) is 4.53 Å². The standard InChI is InChI=1S/C20H22FIN2O2Si/c1-10-9-14-18(15(11(10)2)20(3,4)5)23-17(19(25)24(14)26-27)12-7-6-8-13(22)16(12)21/h6-9H,1-5,27H3. The highest BCUT2D eigenvalue weighted by atomic mass is 127. The Morgan fingerprint density at radius 1 is 1.26 bits per heavy atom. The molecule has 0 radical (unpaired) electrons. The van der Waals surface area contributed by atoms with E-state index in [1.54, 1.807) is 18.2 Å². The first-order chi connectivity index (χ1) is 12.6. The second-order valence-electron chi connectivity index (χ2n) is 7.66. The van der Waals surface area contributed by atoms with Crippen molar-refractivity contribution in [2.75, 3.05) is 0 Å². The topological polar surface area (TPSA) is 44.1 Å². The minimum atomic E-state index is -0.443. The monoisotopic (exact) mass is 496 g/mol. The van der Waals surface area contributed by atoms with E-state index in [2.05, 4.69) is 32.7 Å². The van der Waals surface area contributed by atoms with Crippen molar-refractivity contribution in [1.82, 2.24) is 9.71 Å². The van der Waals surface area contributed by atoms with Crippen LogP contribution in [0.25, 0.3) is 22.3 Å². The van der Waals surface area contributed by atoms with Crippen LogP contribution in [0.4, 0.5) is 4.39 Å². The predicted octanol–water partition coefficient (Wildman–Crippen LogP) is 3.43. The van der Waals surface area contributed by atoms with E-state index in [-0.39, 0.29) is 16.7 Å². The molecular weight excluding hydrogens is 474 g/mol. The van der Waals surface area contributed by atoms with Crippen LogP contribution in [-0.4, -0.2) is 20.2 Å². The van der Waals surface area contributed by atoms with Crippen molar-refractivity contribution in [3.8, 4) is 11.3 Å². The Hall–Kier alpha value is -1.74. The molecule has 0 bridgehead atoms. The van der Waals surface area contributed by atoms with Crippen molar-refractivity contribution in [3.05, 3.63) is 60.7 Å². The summed E-state index contributed by atoms with van der Waals surface area (Å²) in [5, 5.41) is 0. The molecule has 2 aromatic carbocycles. The summed E-state index contributed by atoms with van der Waals surface area (Å²) in [5.41, 5.74) is 4.15. The molecule has 0 aliphatic rings. The van der Waals surface area contributed by atoms with E-state index in [1.807, 2.05) is 35.6 Å². The highest BCUT2D eigenvalue weighted by molar-refractivity contribution is 14.1. The van der Waals surface area contributed by atoms with E-state index in [0.29, 0.717) is 25.1 Å². The van der Waals surface area contributed by atoms with E-state index in [1.165, 1.54) is 4.73 Å². The van der Waals surface area contributed by atoms with Crippen LogP contribution in [0.1, 0.15) is 37.5 Å². The molecule has 0 aliphatic heterocycles. The van der Waals surface area contributed by atoms with Gasteiger partial charge >= 0.3 is 5.56 Å². The molecule has 0 saturated heterocycles. The van der Waals surface area contributed by atoms with Gasteiger partial charge in [-0.05, 0) is 76.7 Å². The van der Waals surface area contributed by atoms with Crippen molar-refractivity contribution in [2.45, 2.75) is 40.0 Å². The summed E-state index contributed by atoms with van der Waals surface area (Å²) in [6, 6.07) is 6.89. The molecule has 1 aromatic heterocycles. The molecule has 0 aliphatic carbocycles. The lowest BCUT2D eigenvalue weighted by Gasteiger charge is -2.26. The van der Waals surface area contributed by atoms with Gasteiger partial charge in [0.05, 0.1) is 5.52 Å². The van der Waals surface area contributed by atoms with Gasteiger partial charge in [-0.1, -0.05) is 26.8 Å². The summed E-state index contributed by atoms with van der Waals surface area (Å²) in [5.74, 6) is -0.442. The molecule has 0 atom stereocenters. The van der Waals surface area contributed by atoms with Gasteiger partial charge in [0, 0.05) is 9.13 Å². The first-order valence-corrected chi connectivity index (χ1v) is 10.5. The van der Waals surface area contributed by atoms with Gasteiger partial charge in [-0.15, -0.1) is 0 Å². The molecule has 3 aromatic rings. The van der Waals surface area contributed by atoms with Crippen LogP contribution >= 0.6 is 22.6 Å². The SMILES string of the molecule is Cc1cc2c(nc(-c3cccc(I)c3F)c(=O)n2O[SiH3])c(C(C)(C)C)c1C. The molecule has 0 fully saturated rings. The maximum Gasteiger partial charge on any atom is 0.308 e. The number of nitrogens with zero attached hydrogens (tertiary/aromatic N) is 2. The molecule has 4 nitrogen and oxygen atoms in total. The van der Waals surface area contributed by atoms with E-state index in [0.717, 1.165) is 16.7 Å². The number of rotatable bonds is 2. The van der Waals surface area contributed by atoms with Crippen molar-refractivity contribution >= 4 is 44.1 Å². The van der Waals surface area contributed by atoms with Gasteiger partial charge in [0.2, 0.25) is 10.5 Å². The third-order valence-electron chi connectivity index (χ3n) is 4.77. The highest BCUT2D eigenvalue weighted by Crippen LogP contribution is 2.34. The Morgan fingerprint density at radius 2 is 1.93 bits per heavy atom. The average molecular weight is 496 g/mol. The summed E-state index contributed by atoms with van der Waals surface area (Å²) >= 11 is 1.92. The third-order valence-corrected chi connectivity index (χ3v) is 5.97. The minimum absolute atomic E-state index is 0.0723. The van der Waals surface area contributed by atoms with Gasteiger partial charge in [0.1, 0.15) is 17.0 Å². The lowest BCUT2D eigenvalue weighted by molar-refractivity contribution is 0.303. The van der Waals surface area contributed by atoms with Gasteiger partial charge in [-0.25, -0.2) is 9.37 Å². The average Bonchev–Trinajstić information content (AvgIpc) is 2.58. The van der Waals surface area contributed by atoms with E-state index < -0.39 is 11.4 Å². The first-order valence-electron chi connectivity index (χ1n) is 8.64. The van der Waals surface area contributed by atoms with E-state index >= 15 is 0 Å². The maximum atomic E-state index is 14.8. The summed E-state index contributed by atoms with van der Waals surface area (Å²) in [6.45, 7) is 10.4. The van der Waals surface area contributed by atoms with Crippen LogP contribution in [0.3, 0.4) is 0 Å². The second-order valence-corrected chi connectivity index (χ2v) is 9.18. The zero-order chi connectivity index (χ0) is 20.1. The van der Waals surface area contributed by atoms with Crippen molar-refractivity contribution < 1.29 is 8.92 Å². The Kier molecular flexibility index (Phi) is 5.19. The normalized spacial score (nSPS) is 12.0. The smallest absolute Gasteiger partial charge is 0.308 e. The molecule has 142 valence electrons. The van der Waals surface area contributed by atoms with Crippen molar-refractivity contribution in [3.63, 3.8) is 0 Å². The molecule has 3 rings (SSSR count). The lowest BCUT2D eigenvalue weighted by Crippen LogP contribution is -2.30. The largest absolute Gasteiger partial charge is 0.478 e. The molecular formula is C20H22FIN2O2Si. The first kappa shape index (κ1) is 20.0. The van der Waals surface area contributed by atoms with E-state index in [9.17, 15) is 9.18 Å². The fourth-order valence-corrected chi connectivity index (χ4v) is 4.34. The second kappa shape index (κ2) is 7.01. The molecule has 0 unspecified atom stereocenters. The van der Waals surface area contributed by atoms with Crippen LogP contribution in [0, 0.1) is 23.2 Å². The third kappa shape index (κ3) is 3.31. The molecule has 0 N–H and O–H groups in total. The number of aromatic nitrogens is 2. The van der Waals surface area contributed by atoms with Gasteiger partial charge < -0.3 is 4.53 Å². The predicted molar refractivity (Wildman–Crippen MR) is 119 cm³/mol. The van der Waals surface area contributed by atoms with Crippen LogP contribution in [0.15, 0.2) is 29.1 Å². The molecule has 0 spiro atoms. The Labute approximate surface area is 174 Å². The van der Waals surface area contributed by atoms with Gasteiger partial charge in [0.15, 0.2) is 0 Å². The molecule has 27 heavy (non-hydrogen) atoms. The molecule has 7 heteroatoms. The number of fused-ring (bicyclic) bond motifs is 1. The molecule has 0 saturated carbocycles. The Morgan fingerprint density at radius 3 is 2.52 bits per heavy atom. The number of aryl methyl sites for hydroxylation is 1. The minimum Gasteiger partial charge on any atom is -0.478 e. The number of halogens is 2. The Bertz CT molecular complexity index is 1120. The fraction of sp³-hybridized carbons (Fsp3) is 0.300. The fourth-order valence-electron chi connectivity index (χ4n) is 3.48. The summed E-state index contributed by atoms with van der Waals surface area (Å²) in [7, 11) is 0.325. The van der Waals surface area contributed by atoms with Crippen LogP contribution in [0.2, 0.25) is 0 Å². The summed E-state index contributed by atoms with van der Waals surface area (Å²) < 4.78 is 22.0. The quantitative estimate of drug-likeness (QED) is 0.404. The zero-order valence-corrected chi connectivity index (χ0v) is 20.4. The van der Waals surface area contributed by atoms with Crippen molar-refractivity contribution in [2.24, 2.45) is 0 Å². The van der Waals surface area contributed by atoms with Gasteiger partial charge in [0.25, 0.3) is 0 Å². The van der Waals surface area contributed by atoms with Crippen molar-refractivity contribution in [1.29, 1.82) is 0 Å². The van der Waals surface area contributed by atoms with Crippen LogP contribution in [0.5, 0.6) is 0 Å². The number of hydrogen-bond donors (Lipinski definition) is 0. The van der Waals surface area contributed by atoms with Crippen LogP contribution < -0.4 is 10.1 Å². The number of benzene rings is 2. The molecule has 0 amide bonds. The molecule has 1 heterocycles. The van der Waals surface area contributed by atoms with Gasteiger partial charge in [-0.3, -0.25) is 4.79 Å². The maximum absolute atomic E-state index is 14.8. The lowest BCUT2D eigenvalue weighted by atomic mass is 9.81. The Balaban J connectivity index is 2.56. The highest BCUT2D eigenvalue weighted by Gasteiger charge is 2.26. The van der Waals surface area contributed by atoms with Crippen LogP contribution in [-0.2, 0) is 5.41 Å². The summed E-state index contributed by atoms with van der Waals surface area (Å²) in [6.07, 6.45) is 0. The zero-order valence-electron chi connectivity index (χ0n) is 16.3. The number of hydrogen-bond acceptors (Lipinski definition) is 3.